The summed E-state index contributed by atoms with van der Waals surface area (Å²) in [4.78, 5) is 16.4. The van der Waals surface area contributed by atoms with Gasteiger partial charge in [0.15, 0.2) is 3.95 Å². The van der Waals surface area contributed by atoms with E-state index in [1.54, 1.807) is 0 Å². The number of aromatic nitrogens is 3. The van der Waals surface area contributed by atoms with Gasteiger partial charge in [0.1, 0.15) is 0 Å². The van der Waals surface area contributed by atoms with Gasteiger partial charge in [-0.25, -0.2) is 0 Å². The third-order valence-electron chi connectivity index (χ3n) is 3.90. The number of nitrogens with one attached hydrogen (secondary N) is 2. The number of carbonyl (C=O) groups excluding carboxylic acids is 1. The Morgan fingerprint density at radius 3 is 2.59 bits per heavy atom. The second-order valence-corrected chi connectivity index (χ2v) is 7.25. The summed E-state index contributed by atoms with van der Waals surface area (Å²) in [6.07, 6.45) is 1.19. The minimum Gasteiger partial charge on any atom is -0.349 e. The normalized spacial score (nSPS) is 12.4. The van der Waals surface area contributed by atoms with Gasteiger partial charge in [0.25, 0.3) is 0 Å². The zero-order valence-electron chi connectivity index (χ0n) is 13.6. The molecule has 0 saturated carbocycles. The van der Waals surface area contributed by atoms with E-state index in [9.17, 15) is 4.79 Å². The Morgan fingerprint density at radius 1 is 1.45 bits per heavy atom. The van der Waals surface area contributed by atoms with Gasteiger partial charge in [-0.3, -0.25) is 9.48 Å². The van der Waals surface area contributed by atoms with Gasteiger partial charge in [0.2, 0.25) is 5.91 Å². The molecule has 1 atom stereocenters. The molecule has 0 aliphatic heterocycles. The summed E-state index contributed by atoms with van der Waals surface area (Å²) in [6, 6.07) is -0.00609. The second kappa shape index (κ2) is 6.75. The van der Waals surface area contributed by atoms with Crippen molar-refractivity contribution in [1.82, 2.24) is 20.1 Å². The third kappa shape index (κ3) is 3.47. The molecule has 2 N–H and O–H groups in total. The molecule has 0 aliphatic rings. The maximum Gasteiger partial charge on any atom is 0.225 e. The lowest BCUT2D eigenvalue weighted by atomic mass is 10.0. The van der Waals surface area contributed by atoms with E-state index in [0.29, 0.717) is 10.4 Å². The number of aryl methyl sites for hydroxylation is 3. The number of H-pyrrole nitrogens is 1. The Bertz CT molecular complexity index is 741. The average molecular weight is 339 g/mol. The number of nitrogens with zero attached hydrogens (tertiary/aromatic N) is 2. The van der Waals surface area contributed by atoms with Crippen molar-refractivity contribution < 1.29 is 4.79 Å². The molecule has 2 heterocycles. The van der Waals surface area contributed by atoms with Crippen LogP contribution >= 0.6 is 23.6 Å². The Kier molecular flexibility index (Phi) is 5.18. The predicted octanol–water partition coefficient (Wildman–Crippen LogP) is 3.27. The summed E-state index contributed by atoms with van der Waals surface area (Å²) >= 11 is 6.58. The number of carbonyl (C=O) groups is 1. The van der Waals surface area contributed by atoms with Gasteiger partial charge in [-0.1, -0.05) is 6.92 Å². The van der Waals surface area contributed by atoms with Crippen LogP contribution in [0.3, 0.4) is 0 Å². The molecule has 0 saturated heterocycles. The van der Waals surface area contributed by atoms with E-state index in [-0.39, 0.29) is 11.9 Å². The van der Waals surface area contributed by atoms with Crippen molar-refractivity contribution in [3.05, 3.63) is 31.5 Å². The van der Waals surface area contributed by atoms with Gasteiger partial charge in [-0.15, -0.1) is 11.3 Å². The molecule has 7 heteroatoms. The first-order valence-electron chi connectivity index (χ1n) is 7.31. The lowest BCUT2D eigenvalue weighted by Gasteiger charge is -2.18. The molecular weight excluding hydrogens is 316 g/mol. The lowest BCUT2D eigenvalue weighted by Crippen LogP contribution is -2.30. The van der Waals surface area contributed by atoms with Crippen LogP contribution in [0.4, 0.5) is 0 Å². The summed E-state index contributed by atoms with van der Waals surface area (Å²) in [5, 5.41) is 7.57. The van der Waals surface area contributed by atoms with Crippen LogP contribution in [0.25, 0.3) is 0 Å². The first kappa shape index (κ1) is 16.9. The Labute approximate surface area is 139 Å². The van der Waals surface area contributed by atoms with Gasteiger partial charge in [0.05, 0.1) is 18.2 Å². The van der Waals surface area contributed by atoms with Gasteiger partial charge in [-0.05, 0) is 39.4 Å². The molecule has 0 fully saturated rings. The summed E-state index contributed by atoms with van der Waals surface area (Å²) in [5.74, 6) is 0.0165. The summed E-state index contributed by atoms with van der Waals surface area (Å²) < 4.78 is 2.58. The molecule has 120 valence electrons. The average Bonchev–Trinajstić information content (AvgIpc) is 2.87. The SMILES string of the molecule is CC[C@H](NC(=O)Cc1sc(=S)[nH]c1C)c1c(C)nn(C)c1C. The van der Waals surface area contributed by atoms with Crippen molar-refractivity contribution in [2.45, 2.75) is 46.6 Å². The largest absolute Gasteiger partial charge is 0.349 e. The molecule has 0 bridgehead atoms. The molecule has 0 unspecified atom stereocenters. The minimum absolute atomic E-state index is 0.00609. The van der Waals surface area contributed by atoms with Crippen molar-refractivity contribution in [2.75, 3.05) is 0 Å². The maximum absolute atomic E-state index is 12.4. The number of hydrogen-bond donors (Lipinski definition) is 2. The van der Waals surface area contributed by atoms with Crippen LogP contribution in [0, 0.1) is 24.7 Å². The molecule has 0 radical (unpaired) electrons. The van der Waals surface area contributed by atoms with Crippen molar-refractivity contribution in [2.24, 2.45) is 7.05 Å². The van der Waals surface area contributed by atoms with E-state index in [4.69, 9.17) is 12.2 Å². The Balaban J connectivity index is 2.14. The van der Waals surface area contributed by atoms with E-state index in [1.165, 1.54) is 11.3 Å². The highest BCUT2D eigenvalue weighted by molar-refractivity contribution is 7.73. The first-order chi connectivity index (χ1) is 10.3. The summed E-state index contributed by atoms with van der Waals surface area (Å²) in [7, 11) is 1.93. The molecule has 0 aliphatic carbocycles. The predicted molar refractivity (Wildman–Crippen MR) is 91.8 cm³/mol. The molecule has 2 aromatic rings. The fourth-order valence-corrected chi connectivity index (χ4v) is 3.96. The van der Waals surface area contributed by atoms with E-state index >= 15 is 0 Å². The number of hydrogen-bond acceptors (Lipinski definition) is 4. The van der Waals surface area contributed by atoms with Crippen LogP contribution in [-0.2, 0) is 18.3 Å². The number of amides is 1. The molecule has 5 nitrogen and oxygen atoms in total. The van der Waals surface area contributed by atoms with Crippen LogP contribution in [0.15, 0.2) is 0 Å². The van der Waals surface area contributed by atoms with Crippen molar-refractivity contribution in [3.8, 4) is 0 Å². The quantitative estimate of drug-likeness (QED) is 0.823. The lowest BCUT2D eigenvalue weighted by molar-refractivity contribution is -0.121. The molecule has 0 aromatic carbocycles. The molecular formula is C15H22N4OS2. The van der Waals surface area contributed by atoms with Crippen LogP contribution in [-0.4, -0.2) is 20.7 Å². The van der Waals surface area contributed by atoms with Crippen LogP contribution in [0.2, 0.25) is 0 Å². The van der Waals surface area contributed by atoms with Gasteiger partial charge in [-0.2, -0.15) is 5.10 Å². The zero-order valence-corrected chi connectivity index (χ0v) is 15.2. The fourth-order valence-electron chi connectivity index (χ4n) is 2.67. The zero-order chi connectivity index (χ0) is 16.4. The van der Waals surface area contributed by atoms with Gasteiger partial charge >= 0.3 is 0 Å². The standard InChI is InChI=1S/C15H22N4OS2/c1-6-11(14-9(3)18-19(5)10(14)4)17-13(20)7-12-8(2)16-15(21)22-12/h11H,6-7H2,1-5H3,(H,16,21)(H,17,20)/t11-/m0/s1. The van der Waals surface area contributed by atoms with Crippen LogP contribution < -0.4 is 5.32 Å². The van der Waals surface area contributed by atoms with Gasteiger partial charge < -0.3 is 10.3 Å². The molecule has 2 rings (SSSR count). The van der Waals surface area contributed by atoms with Crippen molar-refractivity contribution in [1.29, 1.82) is 0 Å². The van der Waals surface area contributed by atoms with Crippen LogP contribution in [0.1, 0.15) is 46.9 Å². The monoisotopic (exact) mass is 338 g/mol. The molecule has 1 amide bonds. The highest BCUT2D eigenvalue weighted by atomic mass is 32.1. The Hall–Kier alpha value is -1.47. The van der Waals surface area contributed by atoms with Crippen molar-refractivity contribution in [3.63, 3.8) is 0 Å². The summed E-state index contributed by atoms with van der Waals surface area (Å²) in [5.41, 5.74) is 4.17. The third-order valence-corrected chi connectivity index (χ3v) is 5.24. The fraction of sp³-hybridized carbons (Fsp3) is 0.533. The number of rotatable bonds is 5. The first-order valence-corrected chi connectivity index (χ1v) is 8.54. The highest BCUT2D eigenvalue weighted by Crippen LogP contribution is 2.24. The number of thiazole rings is 1. The topological polar surface area (TPSA) is 62.7 Å². The smallest absolute Gasteiger partial charge is 0.225 e. The van der Waals surface area contributed by atoms with E-state index in [1.807, 2.05) is 32.5 Å². The molecule has 0 spiro atoms. The maximum atomic E-state index is 12.4. The Morgan fingerprint density at radius 2 is 2.14 bits per heavy atom. The minimum atomic E-state index is -0.00609. The van der Waals surface area contributed by atoms with E-state index in [0.717, 1.165) is 33.9 Å². The van der Waals surface area contributed by atoms with Crippen LogP contribution in [0.5, 0.6) is 0 Å². The second-order valence-electron chi connectivity index (χ2n) is 5.48. The van der Waals surface area contributed by atoms with Gasteiger partial charge in [0, 0.05) is 28.9 Å². The van der Waals surface area contributed by atoms with E-state index < -0.39 is 0 Å². The summed E-state index contributed by atoms with van der Waals surface area (Å²) in [6.45, 7) is 8.04. The molecule has 2 aromatic heterocycles. The van der Waals surface area contributed by atoms with E-state index in [2.05, 4.69) is 22.3 Å². The van der Waals surface area contributed by atoms with Crippen molar-refractivity contribution >= 4 is 29.5 Å². The molecule has 22 heavy (non-hydrogen) atoms. The number of aromatic amines is 1. The highest BCUT2D eigenvalue weighted by Gasteiger charge is 2.21.